The molecule has 0 fully saturated rings. The largest absolute Gasteiger partial charge is 0.490 e. The zero-order valence-electron chi connectivity index (χ0n) is 11.0. The number of carboxylic acids is 1. The lowest BCUT2D eigenvalue weighted by atomic mass is 9.99. The molecule has 0 radical (unpaired) electrons. The van der Waals surface area contributed by atoms with Crippen LogP contribution in [-0.2, 0) is 0 Å². The van der Waals surface area contributed by atoms with Gasteiger partial charge in [-0.05, 0) is 31.5 Å². The fourth-order valence-electron chi connectivity index (χ4n) is 1.95. The monoisotopic (exact) mass is 256 g/mol. The predicted molar refractivity (Wildman–Crippen MR) is 74.6 cm³/mol. The maximum atomic E-state index is 11.3. The van der Waals surface area contributed by atoms with E-state index in [1.165, 1.54) is 0 Å². The molecular formula is C16H16O3. The van der Waals surface area contributed by atoms with E-state index >= 15 is 0 Å². The Bertz CT molecular complexity index is 588. The summed E-state index contributed by atoms with van der Waals surface area (Å²) in [5.74, 6) is -0.235. The number of carbonyl (C=O) groups is 1. The lowest BCUT2D eigenvalue weighted by molar-refractivity contribution is 0.0698. The van der Waals surface area contributed by atoms with Gasteiger partial charge in [0.2, 0.25) is 0 Å². The number of carboxylic acid groups (broad SMARTS) is 1. The van der Waals surface area contributed by atoms with Gasteiger partial charge in [-0.25, -0.2) is 4.79 Å². The first kappa shape index (κ1) is 13.1. The van der Waals surface area contributed by atoms with E-state index in [0.29, 0.717) is 11.3 Å². The maximum Gasteiger partial charge on any atom is 0.336 e. The summed E-state index contributed by atoms with van der Waals surface area (Å²) in [4.78, 5) is 11.3. The Kier molecular flexibility index (Phi) is 3.85. The zero-order chi connectivity index (χ0) is 13.8. The molecule has 2 aromatic carbocycles. The molecule has 0 heterocycles. The number of benzene rings is 2. The average molecular weight is 256 g/mol. The van der Waals surface area contributed by atoms with Crippen LogP contribution in [0.4, 0.5) is 0 Å². The van der Waals surface area contributed by atoms with Crippen molar-refractivity contribution in [1.29, 1.82) is 0 Å². The van der Waals surface area contributed by atoms with Gasteiger partial charge in [-0.2, -0.15) is 0 Å². The number of hydrogen-bond donors (Lipinski definition) is 1. The van der Waals surface area contributed by atoms with Crippen molar-refractivity contribution in [2.24, 2.45) is 0 Å². The minimum atomic E-state index is -0.935. The molecule has 2 aromatic rings. The lowest BCUT2D eigenvalue weighted by Gasteiger charge is -2.15. The summed E-state index contributed by atoms with van der Waals surface area (Å²) in [6.45, 7) is 3.89. The Morgan fingerprint density at radius 1 is 1.00 bits per heavy atom. The van der Waals surface area contributed by atoms with Crippen molar-refractivity contribution in [1.82, 2.24) is 0 Å². The van der Waals surface area contributed by atoms with Crippen LogP contribution >= 0.6 is 0 Å². The third-order valence-electron chi connectivity index (χ3n) is 2.70. The smallest absolute Gasteiger partial charge is 0.336 e. The van der Waals surface area contributed by atoms with Crippen LogP contribution in [0, 0.1) is 0 Å². The van der Waals surface area contributed by atoms with E-state index in [1.54, 1.807) is 18.2 Å². The summed E-state index contributed by atoms with van der Waals surface area (Å²) in [6, 6.07) is 14.4. The number of rotatable bonds is 4. The summed E-state index contributed by atoms with van der Waals surface area (Å²) in [7, 11) is 0. The van der Waals surface area contributed by atoms with E-state index in [0.717, 1.165) is 5.56 Å². The average Bonchev–Trinajstić information content (AvgIpc) is 2.38. The van der Waals surface area contributed by atoms with E-state index < -0.39 is 5.97 Å². The van der Waals surface area contributed by atoms with Crippen molar-refractivity contribution in [3.8, 4) is 16.9 Å². The Labute approximate surface area is 112 Å². The normalized spacial score (nSPS) is 10.5. The SMILES string of the molecule is CC(C)Oc1ccccc1-c1ccccc1C(=O)O. The first-order valence-electron chi connectivity index (χ1n) is 6.18. The van der Waals surface area contributed by atoms with E-state index in [1.807, 2.05) is 44.2 Å². The maximum absolute atomic E-state index is 11.3. The fourth-order valence-corrected chi connectivity index (χ4v) is 1.95. The van der Waals surface area contributed by atoms with Crippen LogP contribution in [-0.4, -0.2) is 17.2 Å². The number of aromatic carboxylic acids is 1. The lowest BCUT2D eigenvalue weighted by Crippen LogP contribution is -2.07. The molecule has 0 bridgehead atoms. The minimum Gasteiger partial charge on any atom is -0.490 e. The second-order valence-corrected chi connectivity index (χ2v) is 4.51. The second-order valence-electron chi connectivity index (χ2n) is 4.51. The topological polar surface area (TPSA) is 46.5 Å². The molecule has 0 spiro atoms. The molecule has 0 atom stereocenters. The Hall–Kier alpha value is -2.29. The quantitative estimate of drug-likeness (QED) is 0.904. The summed E-state index contributed by atoms with van der Waals surface area (Å²) in [5, 5.41) is 9.26. The molecule has 98 valence electrons. The highest BCUT2D eigenvalue weighted by atomic mass is 16.5. The molecular weight excluding hydrogens is 240 g/mol. The van der Waals surface area contributed by atoms with Crippen molar-refractivity contribution in [2.45, 2.75) is 20.0 Å². The first-order chi connectivity index (χ1) is 9.09. The third kappa shape index (κ3) is 2.94. The van der Waals surface area contributed by atoms with Crippen molar-refractivity contribution in [3.63, 3.8) is 0 Å². The molecule has 19 heavy (non-hydrogen) atoms. The molecule has 0 aliphatic rings. The van der Waals surface area contributed by atoms with Gasteiger partial charge in [0, 0.05) is 5.56 Å². The standard InChI is InChI=1S/C16H16O3/c1-11(2)19-15-10-6-5-8-13(15)12-7-3-4-9-14(12)16(17)18/h3-11H,1-2H3,(H,17,18). The second kappa shape index (κ2) is 5.57. The summed E-state index contributed by atoms with van der Waals surface area (Å²) in [5.41, 5.74) is 1.75. The van der Waals surface area contributed by atoms with Gasteiger partial charge in [0.1, 0.15) is 5.75 Å². The van der Waals surface area contributed by atoms with E-state index in [-0.39, 0.29) is 11.7 Å². The van der Waals surface area contributed by atoms with Crippen LogP contribution in [0.25, 0.3) is 11.1 Å². The third-order valence-corrected chi connectivity index (χ3v) is 2.70. The molecule has 3 heteroatoms. The molecule has 0 unspecified atom stereocenters. The van der Waals surface area contributed by atoms with Crippen molar-refractivity contribution in [2.75, 3.05) is 0 Å². The Balaban J connectivity index is 2.56. The Morgan fingerprint density at radius 3 is 2.21 bits per heavy atom. The molecule has 1 N–H and O–H groups in total. The molecule has 0 saturated carbocycles. The molecule has 0 amide bonds. The summed E-state index contributed by atoms with van der Waals surface area (Å²) < 4.78 is 5.74. The van der Waals surface area contributed by atoms with Crippen LogP contribution in [0.1, 0.15) is 24.2 Å². The van der Waals surface area contributed by atoms with Gasteiger partial charge in [0.25, 0.3) is 0 Å². The molecule has 0 aliphatic carbocycles. The molecule has 3 nitrogen and oxygen atoms in total. The summed E-state index contributed by atoms with van der Waals surface area (Å²) in [6.07, 6.45) is 0.0399. The van der Waals surface area contributed by atoms with Gasteiger partial charge in [-0.15, -0.1) is 0 Å². The molecule has 2 rings (SSSR count). The summed E-state index contributed by atoms with van der Waals surface area (Å²) >= 11 is 0. The highest BCUT2D eigenvalue weighted by Gasteiger charge is 2.14. The predicted octanol–water partition coefficient (Wildman–Crippen LogP) is 3.84. The number of para-hydroxylation sites is 1. The highest BCUT2D eigenvalue weighted by Crippen LogP contribution is 2.32. The van der Waals surface area contributed by atoms with Gasteiger partial charge in [-0.1, -0.05) is 36.4 Å². The Morgan fingerprint density at radius 2 is 1.58 bits per heavy atom. The highest BCUT2D eigenvalue weighted by molar-refractivity contribution is 5.96. The van der Waals surface area contributed by atoms with E-state index in [4.69, 9.17) is 4.74 Å². The van der Waals surface area contributed by atoms with Crippen LogP contribution < -0.4 is 4.74 Å². The fraction of sp³-hybridized carbons (Fsp3) is 0.188. The van der Waals surface area contributed by atoms with Crippen molar-refractivity contribution >= 4 is 5.97 Å². The van der Waals surface area contributed by atoms with Gasteiger partial charge >= 0.3 is 5.97 Å². The van der Waals surface area contributed by atoms with Gasteiger partial charge < -0.3 is 9.84 Å². The number of ether oxygens (including phenoxy) is 1. The van der Waals surface area contributed by atoms with Crippen LogP contribution in [0.3, 0.4) is 0 Å². The van der Waals surface area contributed by atoms with Crippen LogP contribution in [0.2, 0.25) is 0 Å². The van der Waals surface area contributed by atoms with Crippen molar-refractivity contribution in [3.05, 3.63) is 54.1 Å². The van der Waals surface area contributed by atoms with Gasteiger partial charge in [-0.3, -0.25) is 0 Å². The van der Waals surface area contributed by atoms with E-state index in [2.05, 4.69) is 0 Å². The van der Waals surface area contributed by atoms with Crippen LogP contribution in [0.5, 0.6) is 5.75 Å². The molecule has 0 aromatic heterocycles. The number of hydrogen-bond acceptors (Lipinski definition) is 2. The van der Waals surface area contributed by atoms with Gasteiger partial charge in [0.15, 0.2) is 0 Å². The minimum absolute atomic E-state index is 0.0399. The van der Waals surface area contributed by atoms with Crippen LogP contribution in [0.15, 0.2) is 48.5 Å². The van der Waals surface area contributed by atoms with Gasteiger partial charge in [0.05, 0.1) is 11.7 Å². The first-order valence-corrected chi connectivity index (χ1v) is 6.18. The molecule has 0 saturated heterocycles. The van der Waals surface area contributed by atoms with Crippen molar-refractivity contribution < 1.29 is 14.6 Å². The van der Waals surface area contributed by atoms with E-state index in [9.17, 15) is 9.90 Å². The zero-order valence-corrected chi connectivity index (χ0v) is 11.0. The molecule has 0 aliphatic heterocycles.